The van der Waals surface area contributed by atoms with Crippen LogP contribution in [0.5, 0.6) is 0 Å². The minimum atomic E-state index is -0.624. The van der Waals surface area contributed by atoms with E-state index in [1.54, 1.807) is 0 Å². The van der Waals surface area contributed by atoms with Crippen molar-refractivity contribution in [3.8, 4) is 0 Å². The first kappa shape index (κ1) is 16.1. The fourth-order valence-electron chi connectivity index (χ4n) is 5.15. The number of nitrogens with zero attached hydrogens (tertiary/aromatic N) is 1. The first-order valence-corrected chi connectivity index (χ1v) is 9.56. The minimum Gasteiger partial charge on any atom is -0.460 e. The van der Waals surface area contributed by atoms with Crippen LogP contribution in [0.4, 0.5) is 0 Å². The predicted molar refractivity (Wildman–Crippen MR) is 93.9 cm³/mol. The Morgan fingerprint density at radius 1 is 1.23 bits per heavy atom. The summed E-state index contributed by atoms with van der Waals surface area (Å²) < 4.78 is 11.7. The summed E-state index contributed by atoms with van der Waals surface area (Å²) in [5, 5.41) is 0. The molecule has 3 heterocycles. The van der Waals surface area contributed by atoms with Gasteiger partial charge in [0.25, 0.3) is 0 Å². The van der Waals surface area contributed by atoms with Gasteiger partial charge in [0.1, 0.15) is 18.1 Å². The number of benzene rings is 1. The second kappa shape index (κ2) is 5.95. The van der Waals surface area contributed by atoms with Gasteiger partial charge < -0.3 is 14.4 Å². The molecule has 5 rings (SSSR count). The molecule has 5 nitrogen and oxygen atoms in total. The summed E-state index contributed by atoms with van der Waals surface area (Å²) in [6, 6.07) is 9.92. The number of hydrogen-bond donors (Lipinski definition) is 0. The Morgan fingerprint density at radius 3 is 2.77 bits per heavy atom. The standard InChI is InChI=1S/C21H23NO4/c23-19-18-17(20(24)25-12-14-6-2-1-3-7-14)16-10-11-21(18,26-16)13-22(19)15-8-4-5-9-15/h1-3,6-7,10-11,15-18H,4-5,8-9,12-13H2/t16-,17+,18-,21+/m0/s1. The normalized spacial score (nSPS) is 35.3. The number of likely N-dealkylation sites (tertiary alicyclic amines) is 1. The van der Waals surface area contributed by atoms with E-state index in [1.807, 2.05) is 47.4 Å². The van der Waals surface area contributed by atoms with E-state index in [-0.39, 0.29) is 24.6 Å². The summed E-state index contributed by atoms with van der Waals surface area (Å²) in [6.07, 6.45) is 8.09. The highest BCUT2D eigenvalue weighted by Gasteiger charge is 2.67. The van der Waals surface area contributed by atoms with E-state index in [0.29, 0.717) is 12.6 Å². The van der Waals surface area contributed by atoms with Crippen LogP contribution in [0.2, 0.25) is 0 Å². The van der Waals surface area contributed by atoms with Crippen molar-refractivity contribution in [1.29, 1.82) is 0 Å². The number of carbonyl (C=O) groups excluding carboxylic acids is 2. The molecule has 2 bridgehead atoms. The van der Waals surface area contributed by atoms with Crippen molar-refractivity contribution in [2.45, 2.75) is 50.0 Å². The average Bonchev–Trinajstić information content (AvgIpc) is 3.42. The van der Waals surface area contributed by atoms with Crippen molar-refractivity contribution < 1.29 is 19.1 Å². The van der Waals surface area contributed by atoms with E-state index in [0.717, 1.165) is 18.4 Å². The maximum Gasteiger partial charge on any atom is 0.313 e. The molecule has 1 aliphatic carbocycles. The fraction of sp³-hybridized carbons (Fsp3) is 0.524. The highest BCUT2D eigenvalue weighted by Crippen LogP contribution is 2.53. The lowest BCUT2D eigenvalue weighted by Crippen LogP contribution is -2.41. The molecule has 3 fully saturated rings. The maximum atomic E-state index is 13.2. The molecule has 3 aliphatic heterocycles. The monoisotopic (exact) mass is 353 g/mol. The molecule has 1 amide bonds. The lowest BCUT2D eigenvalue weighted by atomic mass is 9.77. The molecule has 4 atom stereocenters. The summed E-state index contributed by atoms with van der Waals surface area (Å²) in [7, 11) is 0. The third kappa shape index (κ3) is 2.33. The van der Waals surface area contributed by atoms with E-state index in [4.69, 9.17) is 9.47 Å². The van der Waals surface area contributed by atoms with Crippen LogP contribution in [0.25, 0.3) is 0 Å². The molecule has 0 radical (unpaired) electrons. The van der Waals surface area contributed by atoms with Gasteiger partial charge in [-0.2, -0.15) is 0 Å². The van der Waals surface area contributed by atoms with Crippen molar-refractivity contribution in [3.05, 3.63) is 48.0 Å². The molecule has 2 saturated heterocycles. The van der Waals surface area contributed by atoms with Gasteiger partial charge in [0, 0.05) is 6.04 Å². The zero-order chi connectivity index (χ0) is 17.7. The molecule has 1 spiro atoms. The van der Waals surface area contributed by atoms with E-state index in [9.17, 15) is 9.59 Å². The number of rotatable bonds is 4. The van der Waals surface area contributed by atoms with Crippen LogP contribution < -0.4 is 0 Å². The quantitative estimate of drug-likeness (QED) is 0.616. The summed E-state index contributed by atoms with van der Waals surface area (Å²) >= 11 is 0. The number of carbonyl (C=O) groups is 2. The number of amides is 1. The van der Waals surface area contributed by atoms with Gasteiger partial charge in [0.15, 0.2) is 0 Å². The topological polar surface area (TPSA) is 55.8 Å². The predicted octanol–water partition coefficient (Wildman–Crippen LogP) is 2.45. The Balaban J connectivity index is 1.34. The molecular weight excluding hydrogens is 330 g/mol. The van der Waals surface area contributed by atoms with Gasteiger partial charge in [-0.25, -0.2) is 0 Å². The van der Waals surface area contributed by atoms with Crippen molar-refractivity contribution in [1.82, 2.24) is 4.90 Å². The lowest BCUT2D eigenvalue weighted by Gasteiger charge is -2.26. The van der Waals surface area contributed by atoms with Gasteiger partial charge >= 0.3 is 5.97 Å². The van der Waals surface area contributed by atoms with Gasteiger partial charge in [-0.15, -0.1) is 0 Å². The van der Waals surface area contributed by atoms with Crippen molar-refractivity contribution >= 4 is 11.9 Å². The van der Waals surface area contributed by atoms with Crippen LogP contribution in [0.1, 0.15) is 31.2 Å². The smallest absolute Gasteiger partial charge is 0.313 e. The second-order valence-electron chi connectivity index (χ2n) is 7.90. The number of ether oxygens (including phenoxy) is 2. The Morgan fingerprint density at radius 2 is 2.00 bits per heavy atom. The SMILES string of the molecule is O=C(OCc1ccccc1)[C@@H]1[C@@H]2C=C[C@]3(CN(C4CCCC4)C(=O)[C@H]13)O2. The molecule has 1 aromatic rings. The molecule has 0 unspecified atom stereocenters. The number of hydrogen-bond acceptors (Lipinski definition) is 4. The molecular formula is C21H23NO4. The van der Waals surface area contributed by atoms with Gasteiger partial charge in [0.05, 0.1) is 18.6 Å². The van der Waals surface area contributed by atoms with Crippen molar-refractivity contribution in [2.75, 3.05) is 6.54 Å². The molecule has 1 saturated carbocycles. The third-order valence-electron chi connectivity index (χ3n) is 6.39. The van der Waals surface area contributed by atoms with Crippen LogP contribution in [-0.2, 0) is 25.7 Å². The molecule has 4 aliphatic rings. The zero-order valence-electron chi connectivity index (χ0n) is 14.7. The van der Waals surface area contributed by atoms with E-state index in [2.05, 4.69) is 0 Å². The summed E-state index contributed by atoms with van der Waals surface area (Å²) in [5.41, 5.74) is 0.321. The summed E-state index contributed by atoms with van der Waals surface area (Å²) in [4.78, 5) is 27.9. The Kier molecular flexibility index (Phi) is 3.67. The first-order chi connectivity index (χ1) is 12.7. The second-order valence-corrected chi connectivity index (χ2v) is 7.90. The van der Waals surface area contributed by atoms with Gasteiger partial charge in [-0.3, -0.25) is 9.59 Å². The highest BCUT2D eigenvalue weighted by atomic mass is 16.6. The molecule has 0 N–H and O–H groups in total. The maximum absolute atomic E-state index is 13.2. The van der Waals surface area contributed by atoms with Crippen LogP contribution in [-0.4, -0.2) is 41.1 Å². The van der Waals surface area contributed by atoms with Crippen LogP contribution in [0.3, 0.4) is 0 Å². The fourth-order valence-corrected chi connectivity index (χ4v) is 5.15. The molecule has 1 aromatic carbocycles. The lowest BCUT2D eigenvalue weighted by molar-refractivity contribution is -0.155. The molecule has 5 heteroatoms. The van der Waals surface area contributed by atoms with E-state index in [1.165, 1.54) is 12.8 Å². The Bertz CT molecular complexity index is 755. The van der Waals surface area contributed by atoms with E-state index >= 15 is 0 Å². The first-order valence-electron chi connectivity index (χ1n) is 9.56. The zero-order valence-corrected chi connectivity index (χ0v) is 14.7. The Hall–Kier alpha value is -2.14. The van der Waals surface area contributed by atoms with Crippen LogP contribution in [0, 0.1) is 11.8 Å². The highest BCUT2D eigenvalue weighted by molar-refractivity contribution is 5.91. The van der Waals surface area contributed by atoms with E-state index < -0.39 is 17.4 Å². The van der Waals surface area contributed by atoms with Crippen LogP contribution >= 0.6 is 0 Å². The van der Waals surface area contributed by atoms with Crippen LogP contribution in [0.15, 0.2) is 42.5 Å². The number of esters is 1. The summed E-state index contributed by atoms with van der Waals surface area (Å²) in [6.45, 7) is 0.809. The largest absolute Gasteiger partial charge is 0.460 e. The van der Waals surface area contributed by atoms with Gasteiger partial charge in [-0.1, -0.05) is 55.3 Å². The minimum absolute atomic E-state index is 0.0745. The molecule has 26 heavy (non-hydrogen) atoms. The molecule has 0 aromatic heterocycles. The van der Waals surface area contributed by atoms with Gasteiger partial charge in [-0.05, 0) is 18.4 Å². The Labute approximate surface area is 153 Å². The average molecular weight is 353 g/mol. The van der Waals surface area contributed by atoms with Crippen molar-refractivity contribution in [2.24, 2.45) is 11.8 Å². The van der Waals surface area contributed by atoms with Gasteiger partial charge in [0.2, 0.25) is 5.91 Å². The summed E-state index contributed by atoms with van der Waals surface area (Å²) in [5.74, 6) is -1.20. The molecule has 136 valence electrons. The van der Waals surface area contributed by atoms with Crippen molar-refractivity contribution in [3.63, 3.8) is 0 Å². The third-order valence-corrected chi connectivity index (χ3v) is 6.39. The number of fused-ring (bicyclic) bond motifs is 1.